The molecule has 4 heteroatoms. The SMILES string of the molecule is COc1ccc(CNC(C)c2ccccn2)c(F)c1. The van der Waals surface area contributed by atoms with E-state index in [0.29, 0.717) is 17.9 Å². The third-order valence-corrected chi connectivity index (χ3v) is 2.99. The van der Waals surface area contributed by atoms with Crippen molar-refractivity contribution in [2.75, 3.05) is 7.11 Å². The summed E-state index contributed by atoms with van der Waals surface area (Å²) in [4.78, 5) is 4.26. The van der Waals surface area contributed by atoms with Crippen LogP contribution in [0.1, 0.15) is 24.2 Å². The number of hydrogen-bond acceptors (Lipinski definition) is 3. The minimum atomic E-state index is -0.264. The molecule has 2 rings (SSSR count). The second kappa shape index (κ2) is 6.29. The summed E-state index contributed by atoms with van der Waals surface area (Å²) in [5.74, 6) is 0.263. The molecule has 0 saturated heterocycles. The first kappa shape index (κ1) is 13.5. The number of ether oxygens (including phenoxy) is 1. The Hall–Kier alpha value is -1.94. The first-order valence-corrected chi connectivity index (χ1v) is 6.17. The molecule has 1 aromatic carbocycles. The molecule has 0 radical (unpaired) electrons. The van der Waals surface area contributed by atoms with Crippen LogP contribution in [0.25, 0.3) is 0 Å². The summed E-state index contributed by atoms with van der Waals surface area (Å²) in [6, 6.07) is 10.7. The Kier molecular flexibility index (Phi) is 4.47. The minimum Gasteiger partial charge on any atom is -0.497 e. The molecule has 0 saturated carbocycles. The Labute approximate surface area is 112 Å². The predicted octanol–water partition coefficient (Wildman–Crippen LogP) is 3.08. The van der Waals surface area contributed by atoms with E-state index in [0.717, 1.165) is 5.69 Å². The minimum absolute atomic E-state index is 0.0719. The number of methoxy groups -OCH3 is 1. The Morgan fingerprint density at radius 2 is 2.16 bits per heavy atom. The van der Waals surface area contributed by atoms with E-state index >= 15 is 0 Å². The van der Waals surface area contributed by atoms with Gasteiger partial charge < -0.3 is 10.1 Å². The van der Waals surface area contributed by atoms with Gasteiger partial charge in [-0.05, 0) is 25.1 Å². The predicted molar refractivity (Wildman–Crippen MR) is 72.4 cm³/mol. The van der Waals surface area contributed by atoms with Crippen LogP contribution in [0.5, 0.6) is 5.75 Å². The normalized spacial score (nSPS) is 12.2. The van der Waals surface area contributed by atoms with Crippen molar-refractivity contribution < 1.29 is 9.13 Å². The molecule has 1 aromatic heterocycles. The molecule has 19 heavy (non-hydrogen) atoms. The smallest absolute Gasteiger partial charge is 0.131 e. The van der Waals surface area contributed by atoms with Gasteiger partial charge in [0.2, 0.25) is 0 Å². The molecule has 0 spiro atoms. The van der Waals surface area contributed by atoms with Crippen molar-refractivity contribution in [2.24, 2.45) is 0 Å². The number of nitrogens with zero attached hydrogens (tertiary/aromatic N) is 1. The van der Waals surface area contributed by atoms with Crippen LogP contribution in [0.15, 0.2) is 42.6 Å². The average Bonchev–Trinajstić information content (AvgIpc) is 2.46. The lowest BCUT2D eigenvalue weighted by atomic mass is 10.1. The molecule has 0 fully saturated rings. The quantitative estimate of drug-likeness (QED) is 0.897. The number of rotatable bonds is 5. The van der Waals surface area contributed by atoms with Gasteiger partial charge in [-0.2, -0.15) is 0 Å². The van der Waals surface area contributed by atoms with Crippen LogP contribution < -0.4 is 10.1 Å². The van der Waals surface area contributed by atoms with Crippen LogP contribution in [-0.4, -0.2) is 12.1 Å². The number of halogens is 1. The third-order valence-electron chi connectivity index (χ3n) is 2.99. The molecular weight excluding hydrogens is 243 g/mol. The van der Waals surface area contributed by atoms with E-state index < -0.39 is 0 Å². The van der Waals surface area contributed by atoms with Gasteiger partial charge >= 0.3 is 0 Å². The van der Waals surface area contributed by atoms with Crippen LogP contribution in [0.4, 0.5) is 4.39 Å². The third kappa shape index (κ3) is 3.51. The highest BCUT2D eigenvalue weighted by Crippen LogP contribution is 2.17. The second-order valence-electron chi connectivity index (χ2n) is 4.31. The highest BCUT2D eigenvalue weighted by Gasteiger charge is 2.08. The van der Waals surface area contributed by atoms with Crippen LogP contribution in [0, 0.1) is 5.82 Å². The summed E-state index contributed by atoms with van der Waals surface area (Å²) in [6.07, 6.45) is 1.75. The van der Waals surface area contributed by atoms with Crippen molar-refractivity contribution in [2.45, 2.75) is 19.5 Å². The lowest BCUT2D eigenvalue weighted by Crippen LogP contribution is -2.19. The number of hydrogen-bond donors (Lipinski definition) is 1. The lowest BCUT2D eigenvalue weighted by Gasteiger charge is -2.13. The summed E-state index contributed by atoms with van der Waals surface area (Å²) in [5, 5.41) is 3.25. The van der Waals surface area contributed by atoms with Gasteiger partial charge in [0.1, 0.15) is 11.6 Å². The Bertz CT molecular complexity index is 531. The molecule has 1 N–H and O–H groups in total. The van der Waals surface area contributed by atoms with Crippen molar-refractivity contribution in [1.29, 1.82) is 0 Å². The largest absolute Gasteiger partial charge is 0.497 e. The fourth-order valence-corrected chi connectivity index (χ4v) is 1.80. The van der Waals surface area contributed by atoms with Crippen molar-refractivity contribution in [3.05, 3.63) is 59.7 Å². The maximum absolute atomic E-state index is 13.8. The molecule has 0 aliphatic heterocycles. The van der Waals surface area contributed by atoms with Gasteiger partial charge in [0, 0.05) is 30.4 Å². The van der Waals surface area contributed by atoms with E-state index in [2.05, 4.69) is 10.3 Å². The van der Waals surface area contributed by atoms with E-state index in [4.69, 9.17) is 4.74 Å². The zero-order valence-electron chi connectivity index (χ0n) is 11.1. The Balaban J connectivity index is 1.99. The second-order valence-corrected chi connectivity index (χ2v) is 4.31. The average molecular weight is 260 g/mol. The van der Waals surface area contributed by atoms with Gasteiger partial charge in [0.15, 0.2) is 0 Å². The first-order chi connectivity index (χ1) is 9.20. The summed E-state index contributed by atoms with van der Waals surface area (Å²) < 4.78 is 18.7. The van der Waals surface area contributed by atoms with E-state index in [9.17, 15) is 4.39 Å². The fourth-order valence-electron chi connectivity index (χ4n) is 1.80. The topological polar surface area (TPSA) is 34.1 Å². The summed E-state index contributed by atoms with van der Waals surface area (Å²) in [5.41, 5.74) is 1.56. The zero-order valence-corrected chi connectivity index (χ0v) is 11.1. The molecule has 3 nitrogen and oxygen atoms in total. The molecule has 100 valence electrons. The number of pyridine rings is 1. The van der Waals surface area contributed by atoms with Gasteiger partial charge in [-0.15, -0.1) is 0 Å². The molecule has 0 aliphatic carbocycles. The van der Waals surface area contributed by atoms with Crippen molar-refractivity contribution >= 4 is 0 Å². The number of aromatic nitrogens is 1. The molecule has 0 bridgehead atoms. The summed E-state index contributed by atoms with van der Waals surface area (Å²) in [7, 11) is 1.52. The fraction of sp³-hybridized carbons (Fsp3) is 0.267. The number of benzene rings is 1. The first-order valence-electron chi connectivity index (χ1n) is 6.17. The Morgan fingerprint density at radius 1 is 1.32 bits per heavy atom. The maximum Gasteiger partial charge on any atom is 0.131 e. The van der Waals surface area contributed by atoms with Gasteiger partial charge in [0.25, 0.3) is 0 Å². The van der Waals surface area contributed by atoms with Crippen LogP contribution in [-0.2, 0) is 6.54 Å². The molecule has 0 aliphatic rings. The van der Waals surface area contributed by atoms with E-state index in [-0.39, 0.29) is 11.9 Å². The van der Waals surface area contributed by atoms with Crippen molar-refractivity contribution in [3.63, 3.8) is 0 Å². The molecule has 1 unspecified atom stereocenters. The highest BCUT2D eigenvalue weighted by atomic mass is 19.1. The zero-order chi connectivity index (χ0) is 13.7. The van der Waals surface area contributed by atoms with Crippen molar-refractivity contribution in [3.8, 4) is 5.75 Å². The van der Waals surface area contributed by atoms with E-state index in [1.165, 1.54) is 13.2 Å². The van der Waals surface area contributed by atoms with Gasteiger partial charge in [-0.25, -0.2) is 4.39 Å². The lowest BCUT2D eigenvalue weighted by molar-refractivity contribution is 0.410. The number of nitrogens with one attached hydrogen (secondary N) is 1. The summed E-state index contributed by atoms with van der Waals surface area (Å²) >= 11 is 0. The monoisotopic (exact) mass is 260 g/mol. The van der Waals surface area contributed by atoms with E-state index in [1.54, 1.807) is 18.3 Å². The highest BCUT2D eigenvalue weighted by molar-refractivity contribution is 5.28. The molecular formula is C15H17FN2O. The molecule has 1 heterocycles. The Morgan fingerprint density at radius 3 is 2.79 bits per heavy atom. The summed E-state index contributed by atoms with van der Waals surface area (Å²) in [6.45, 7) is 2.46. The van der Waals surface area contributed by atoms with E-state index in [1.807, 2.05) is 25.1 Å². The molecule has 1 atom stereocenters. The molecule has 2 aromatic rings. The molecule has 0 amide bonds. The van der Waals surface area contributed by atoms with Gasteiger partial charge in [-0.1, -0.05) is 12.1 Å². The van der Waals surface area contributed by atoms with Crippen LogP contribution in [0.3, 0.4) is 0 Å². The maximum atomic E-state index is 13.8. The van der Waals surface area contributed by atoms with Gasteiger partial charge in [-0.3, -0.25) is 4.98 Å². The standard InChI is InChI=1S/C15H17FN2O/c1-11(15-5-3-4-8-17-15)18-10-12-6-7-13(19-2)9-14(12)16/h3-9,11,18H,10H2,1-2H3. The van der Waals surface area contributed by atoms with Crippen molar-refractivity contribution in [1.82, 2.24) is 10.3 Å². The van der Waals surface area contributed by atoms with Gasteiger partial charge in [0.05, 0.1) is 12.8 Å². The van der Waals surface area contributed by atoms with Crippen LogP contribution >= 0.6 is 0 Å². The van der Waals surface area contributed by atoms with Crippen LogP contribution in [0.2, 0.25) is 0 Å².